The van der Waals surface area contributed by atoms with Crippen LogP contribution < -0.4 is 21.9 Å². The highest BCUT2D eigenvalue weighted by Crippen LogP contribution is 2.23. The van der Waals surface area contributed by atoms with Crippen LogP contribution in [0.5, 0.6) is 0 Å². The van der Waals surface area contributed by atoms with Gasteiger partial charge in [0.2, 0.25) is 5.91 Å². The Morgan fingerprint density at radius 2 is 2.04 bits per heavy atom. The molecule has 9 heteroatoms. The molecule has 0 unspecified atom stereocenters. The number of H-pyrrole nitrogens is 1. The highest BCUT2D eigenvalue weighted by molar-refractivity contribution is 6.31. The minimum Gasteiger partial charge on any atom is -0.383 e. The maximum atomic E-state index is 14.0. The zero-order valence-corrected chi connectivity index (χ0v) is 16.0. The molecular formula is C18H22ClFN4O3. The summed E-state index contributed by atoms with van der Waals surface area (Å²) in [5.41, 5.74) is 4.57. The van der Waals surface area contributed by atoms with Gasteiger partial charge in [-0.05, 0) is 25.5 Å². The molecule has 0 spiro atoms. The Kier molecular flexibility index (Phi) is 6.79. The number of aromatic nitrogens is 2. The molecule has 0 aliphatic heterocycles. The van der Waals surface area contributed by atoms with Crippen molar-refractivity contribution in [2.75, 3.05) is 17.2 Å². The third-order valence-corrected chi connectivity index (χ3v) is 4.58. The minimum atomic E-state index is -0.764. The maximum absolute atomic E-state index is 14.0. The topological polar surface area (TPSA) is 101 Å². The first-order valence-electron chi connectivity index (χ1n) is 8.67. The van der Waals surface area contributed by atoms with Gasteiger partial charge in [-0.25, -0.2) is 9.18 Å². The van der Waals surface area contributed by atoms with Crippen molar-refractivity contribution in [3.05, 3.63) is 55.4 Å². The molecule has 0 saturated carbocycles. The van der Waals surface area contributed by atoms with E-state index in [2.05, 4.69) is 4.98 Å². The fourth-order valence-corrected chi connectivity index (χ4v) is 3.01. The van der Waals surface area contributed by atoms with Gasteiger partial charge in [-0.15, -0.1) is 0 Å². The summed E-state index contributed by atoms with van der Waals surface area (Å²) in [6.07, 6.45) is 1.16. The molecule has 0 aliphatic rings. The van der Waals surface area contributed by atoms with Crippen LogP contribution in [0.1, 0.15) is 32.3 Å². The van der Waals surface area contributed by atoms with Crippen LogP contribution in [0.4, 0.5) is 15.9 Å². The van der Waals surface area contributed by atoms with Gasteiger partial charge in [0.1, 0.15) is 11.6 Å². The van der Waals surface area contributed by atoms with Gasteiger partial charge in [-0.1, -0.05) is 31.0 Å². The average molecular weight is 397 g/mol. The molecule has 27 heavy (non-hydrogen) atoms. The molecule has 0 saturated heterocycles. The highest BCUT2D eigenvalue weighted by Gasteiger charge is 2.24. The standard InChI is InChI=1S/C18H22ClFN4O3/c1-3-5-9-24-16(21)15(17(26)22-18(24)27)23(4-2)14(25)10-11-12(19)7-6-8-13(11)20/h6-8H,3-5,9-10,21H2,1-2H3,(H,22,26,27). The van der Waals surface area contributed by atoms with Crippen LogP contribution in [0.2, 0.25) is 5.02 Å². The Hall–Kier alpha value is -2.61. The van der Waals surface area contributed by atoms with Crippen molar-refractivity contribution in [3.8, 4) is 0 Å². The molecule has 1 aromatic carbocycles. The van der Waals surface area contributed by atoms with Crippen molar-refractivity contribution in [1.29, 1.82) is 0 Å². The molecule has 0 aliphatic carbocycles. The number of amides is 1. The summed E-state index contributed by atoms with van der Waals surface area (Å²) >= 11 is 5.98. The number of anilines is 2. The van der Waals surface area contributed by atoms with Crippen LogP contribution in [0.15, 0.2) is 27.8 Å². The summed E-state index contributed by atoms with van der Waals surface area (Å²) in [5.74, 6) is -1.25. The first-order chi connectivity index (χ1) is 12.8. The van der Waals surface area contributed by atoms with Crippen molar-refractivity contribution in [2.24, 2.45) is 0 Å². The van der Waals surface area contributed by atoms with Crippen molar-refractivity contribution >= 4 is 29.0 Å². The summed E-state index contributed by atoms with van der Waals surface area (Å²) in [4.78, 5) is 40.5. The van der Waals surface area contributed by atoms with E-state index < -0.39 is 23.0 Å². The van der Waals surface area contributed by atoms with E-state index in [1.165, 1.54) is 22.8 Å². The molecule has 0 fully saturated rings. The number of nitrogens with one attached hydrogen (secondary N) is 1. The third-order valence-electron chi connectivity index (χ3n) is 4.23. The first kappa shape index (κ1) is 20.7. The summed E-state index contributed by atoms with van der Waals surface area (Å²) in [6.45, 7) is 4.04. The number of nitrogens with zero attached hydrogens (tertiary/aromatic N) is 2. The van der Waals surface area contributed by atoms with Crippen molar-refractivity contribution in [2.45, 2.75) is 39.7 Å². The minimum absolute atomic E-state index is 0.0388. The van der Waals surface area contributed by atoms with Gasteiger partial charge in [0.05, 0.1) is 6.42 Å². The van der Waals surface area contributed by atoms with Gasteiger partial charge >= 0.3 is 5.69 Å². The number of nitrogens with two attached hydrogens (primary N) is 1. The van der Waals surface area contributed by atoms with E-state index in [0.717, 1.165) is 11.3 Å². The lowest BCUT2D eigenvalue weighted by Gasteiger charge is -2.23. The molecule has 2 rings (SSSR count). The van der Waals surface area contributed by atoms with Gasteiger partial charge in [0.15, 0.2) is 5.69 Å². The van der Waals surface area contributed by atoms with E-state index in [9.17, 15) is 18.8 Å². The van der Waals surface area contributed by atoms with Crippen LogP contribution in [-0.2, 0) is 17.8 Å². The summed E-state index contributed by atoms with van der Waals surface area (Å²) in [7, 11) is 0. The summed E-state index contributed by atoms with van der Waals surface area (Å²) < 4.78 is 15.2. The molecule has 1 amide bonds. The predicted molar refractivity (Wildman–Crippen MR) is 104 cm³/mol. The number of hydrogen-bond donors (Lipinski definition) is 2. The van der Waals surface area contributed by atoms with Crippen molar-refractivity contribution in [1.82, 2.24) is 9.55 Å². The SMILES string of the molecule is CCCCn1c(N)c(N(CC)C(=O)Cc2c(F)cccc2Cl)c(=O)[nH]c1=O. The normalized spacial score (nSPS) is 10.8. The number of carbonyl (C=O) groups is 1. The molecule has 7 nitrogen and oxygen atoms in total. The number of likely N-dealkylation sites (N-methyl/N-ethyl adjacent to an activating group) is 1. The molecular weight excluding hydrogens is 375 g/mol. The van der Waals surface area contributed by atoms with Gasteiger partial charge in [0, 0.05) is 23.7 Å². The lowest BCUT2D eigenvalue weighted by atomic mass is 10.1. The molecule has 1 heterocycles. The molecule has 0 radical (unpaired) electrons. The van der Waals surface area contributed by atoms with E-state index in [0.29, 0.717) is 13.0 Å². The number of unbranched alkanes of at least 4 members (excludes halogenated alkanes) is 1. The van der Waals surface area contributed by atoms with E-state index in [1.54, 1.807) is 6.92 Å². The van der Waals surface area contributed by atoms with Crippen LogP contribution in [0.3, 0.4) is 0 Å². The van der Waals surface area contributed by atoms with E-state index in [4.69, 9.17) is 17.3 Å². The molecule has 0 atom stereocenters. The summed E-state index contributed by atoms with van der Waals surface area (Å²) in [5, 5.41) is 0.120. The van der Waals surface area contributed by atoms with Gasteiger partial charge in [-0.3, -0.25) is 19.1 Å². The average Bonchev–Trinajstić information content (AvgIpc) is 2.61. The van der Waals surface area contributed by atoms with Crippen LogP contribution in [-0.4, -0.2) is 22.0 Å². The van der Waals surface area contributed by atoms with E-state index >= 15 is 0 Å². The second-order valence-corrected chi connectivity index (χ2v) is 6.42. The summed E-state index contributed by atoms with van der Waals surface area (Å²) in [6, 6.07) is 4.13. The quantitative estimate of drug-likeness (QED) is 0.749. The molecule has 1 aromatic heterocycles. The second kappa shape index (κ2) is 8.85. The monoisotopic (exact) mass is 396 g/mol. The number of carbonyl (C=O) groups excluding carboxylic acids is 1. The van der Waals surface area contributed by atoms with E-state index in [1.807, 2.05) is 6.92 Å². The lowest BCUT2D eigenvalue weighted by molar-refractivity contribution is -0.118. The van der Waals surface area contributed by atoms with Crippen molar-refractivity contribution in [3.63, 3.8) is 0 Å². The van der Waals surface area contributed by atoms with Gasteiger partial charge in [-0.2, -0.15) is 0 Å². The molecule has 146 valence electrons. The second-order valence-electron chi connectivity index (χ2n) is 6.01. The number of halogens is 2. The first-order valence-corrected chi connectivity index (χ1v) is 9.05. The zero-order valence-electron chi connectivity index (χ0n) is 15.2. The Morgan fingerprint density at radius 3 is 2.63 bits per heavy atom. The maximum Gasteiger partial charge on any atom is 0.330 e. The molecule has 2 aromatic rings. The van der Waals surface area contributed by atoms with Gasteiger partial charge in [0.25, 0.3) is 5.56 Å². The van der Waals surface area contributed by atoms with Crippen LogP contribution in [0.25, 0.3) is 0 Å². The van der Waals surface area contributed by atoms with E-state index in [-0.39, 0.29) is 35.1 Å². The zero-order chi connectivity index (χ0) is 20.1. The van der Waals surface area contributed by atoms with Gasteiger partial charge < -0.3 is 10.6 Å². The van der Waals surface area contributed by atoms with Crippen molar-refractivity contribution < 1.29 is 9.18 Å². The Morgan fingerprint density at radius 1 is 1.33 bits per heavy atom. The molecule has 3 N–H and O–H groups in total. The number of nitrogen functional groups attached to an aromatic ring is 1. The van der Waals surface area contributed by atoms with Crippen LogP contribution in [0, 0.1) is 5.82 Å². The highest BCUT2D eigenvalue weighted by atomic mass is 35.5. The third kappa shape index (κ3) is 4.39. The Balaban J connectivity index is 2.46. The number of benzene rings is 1. The largest absolute Gasteiger partial charge is 0.383 e. The Bertz CT molecular complexity index is 934. The lowest BCUT2D eigenvalue weighted by Crippen LogP contribution is -2.41. The molecule has 0 bridgehead atoms. The Labute approximate surface area is 160 Å². The smallest absolute Gasteiger partial charge is 0.330 e. The number of rotatable bonds is 7. The fraction of sp³-hybridized carbons (Fsp3) is 0.389. The van der Waals surface area contributed by atoms with Crippen LogP contribution >= 0.6 is 11.6 Å². The predicted octanol–water partition coefficient (Wildman–Crippen LogP) is 2.31. The number of hydrogen-bond acceptors (Lipinski definition) is 4. The number of aromatic amines is 1. The fourth-order valence-electron chi connectivity index (χ4n) is 2.78.